The highest BCUT2D eigenvalue weighted by Gasteiger charge is 2.45. The average Bonchev–Trinajstić information content (AvgIpc) is 3.41. The molecule has 1 unspecified atom stereocenters. The van der Waals surface area contributed by atoms with Gasteiger partial charge in [0.05, 0.1) is 22.7 Å². The Balaban J connectivity index is 1.72. The molecular weight excluding hydrogens is 508 g/mol. The van der Waals surface area contributed by atoms with Crippen molar-refractivity contribution in [2.75, 3.05) is 17.8 Å². The third-order valence-electron chi connectivity index (χ3n) is 6.43. The van der Waals surface area contributed by atoms with Crippen molar-refractivity contribution in [3.63, 3.8) is 0 Å². The summed E-state index contributed by atoms with van der Waals surface area (Å²) in [5, 5.41) is 0.709. The van der Waals surface area contributed by atoms with Crippen molar-refractivity contribution in [3.8, 4) is 0 Å². The van der Waals surface area contributed by atoms with Gasteiger partial charge < -0.3 is 9.15 Å². The summed E-state index contributed by atoms with van der Waals surface area (Å²) in [6, 6.07) is 10.5. The molecule has 0 saturated heterocycles. The Bertz CT molecular complexity index is 1640. The number of rotatable bonds is 6. The van der Waals surface area contributed by atoms with Gasteiger partial charge in [0.2, 0.25) is 5.76 Å². The number of anilines is 1. The van der Waals surface area contributed by atoms with Crippen molar-refractivity contribution >= 4 is 51.1 Å². The molecule has 2 aromatic carbocycles. The van der Waals surface area contributed by atoms with Gasteiger partial charge in [-0.3, -0.25) is 14.5 Å². The monoisotopic (exact) mass is 532 g/mol. The predicted octanol–water partition coefficient (Wildman–Crippen LogP) is 5.99. The van der Waals surface area contributed by atoms with Crippen molar-refractivity contribution < 1.29 is 18.7 Å². The van der Waals surface area contributed by atoms with Gasteiger partial charge in [-0.05, 0) is 68.0 Å². The zero-order valence-corrected chi connectivity index (χ0v) is 22.4. The van der Waals surface area contributed by atoms with Crippen LogP contribution in [0.3, 0.4) is 0 Å². The molecule has 0 spiro atoms. The summed E-state index contributed by atoms with van der Waals surface area (Å²) in [4.78, 5) is 47.6. The first kappa shape index (κ1) is 25.0. The smallest absolute Gasteiger partial charge is 0.350 e. The summed E-state index contributed by atoms with van der Waals surface area (Å²) < 4.78 is 11.3. The number of carbonyl (C=O) groups excluding carboxylic acids is 2. The van der Waals surface area contributed by atoms with Crippen LogP contribution in [0.25, 0.3) is 11.0 Å². The lowest BCUT2D eigenvalue weighted by atomic mass is 9.97. The summed E-state index contributed by atoms with van der Waals surface area (Å²) in [6.45, 7) is 9.17. The highest BCUT2D eigenvalue weighted by atomic mass is 32.2. The number of nitrogens with zero attached hydrogens (tertiary/aromatic N) is 2. The maximum atomic E-state index is 13.9. The van der Waals surface area contributed by atoms with E-state index in [-0.39, 0.29) is 33.4 Å². The van der Waals surface area contributed by atoms with Gasteiger partial charge in [-0.2, -0.15) is 0 Å². The third kappa shape index (κ3) is 4.18. The molecule has 2 aromatic heterocycles. The number of hydrogen-bond acceptors (Lipinski definition) is 8. The minimum atomic E-state index is -0.761. The number of carbonyl (C=O) groups is 2. The summed E-state index contributed by atoms with van der Waals surface area (Å²) in [6.07, 6.45) is 3.46. The normalized spacial score (nSPS) is 14.8. The number of esters is 1. The molecule has 1 aliphatic rings. The number of ether oxygens (including phenoxy) is 1. The fraction of sp³-hybridized carbons (Fsp3) is 0.214. The maximum Gasteiger partial charge on any atom is 0.350 e. The Labute approximate surface area is 221 Å². The molecule has 9 heteroatoms. The first-order valence-corrected chi connectivity index (χ1v) is 13.6. The Kier molecular flexibility index (Phi) is 6.51. The number of aromatic nitrogens is 1. The second-order valence-electron chi connectivity index (χ2n) is 8.76. The Morgan fingerprint density at radius 2 is 1.89 bits per heavy atom. The zero-order valence-electron chi connectivity index (χ0n) is 20.8. The van der Waals surface area contributed by atoms with Gasteiger partial charge in [0.15, 0.2) is 10.6 Å². The summed E-state index contributed by atoms with van der Waals surface area (Å²) in [5.41, 5.74) is 3.46. The Morgan fingerprint density at radius 3 is 2.57 bits per heavy atom. The van der Waals surface area contributed by atoms with E-state index >= 15 is 0 Å². The first-order chi connectivity index (χ1) is 17.7. The molecule has 0 aliphatic carbocycles. The lowest BCUT2D eigenvalue weighted by Gasteiger charge is -2.22. The number of fused-ring (bicyclic) bond motifs is 2. The van der Waals surface area contributed by atoms with E-state index in [1.54, 1.807) is 30.8 Å². The number of benzene rings is 2. The highest BCUT2D eigenvalue weighted by molar-refractivity contribution is 7.98. The van der Waals surface area contributed by atoms with Crippen LogP contribution in [0.15, 0.2) is 63.2 Å². The van der Waals surface area contributed by atoms with E-state index in [0.717, 1.165) is 32.9 Å². The number of amides is 1. The van der Waals surface area contributed by atoms with Crippen LogP contribution in [0.5, 0.6) is 0 Å². The first-order valence-electron chi connectivity index (χ1n) is 11.6. The number of thiazole rings is 1. The molecule has 0 saturated carbocycles. The fourth-order valence-corrected chi connectivity index (χ4v) is 5.80. The molecule has 0 bridgehead atoms. The van der Waals surface area contributed by atoms with Gasteiger partial charge in [0.1, 0.15) is 17.1 Å². The van der Waals surface area contributed by atoms with Crippen LogP contribution < -0.4 is 10.3 Å². The molecule has 0 fully saturated rings. The quantitative estimate of drug-likeness (QED) is 0.171. The van der Waals surface area contributed by atoms with E-state index in [1.165, 1.54) is 11.0 Å². The van der Waals surface area contributed by atoms with Gasteiger partial charge in [-0.1, -0.05) is 36.1 Å². The maximum absolute atomic E-state index is 13.9. The largest absolute Gasteiger partial charge is 0.457 e. The van der Waals surface area contributed by atoms with E-state index < -0.39 is 17.9 Å². The van der Waals surface area contributed by atoms with E-state index in [9.17, 15) is 14.4 Å². The summed E-state index contributed by atoms with van der Waals surface area (Å²) >= 11 is 2.64. The van der Waals surface area contributed by atoms with E-state index in [1.807, 2.05) is 44.4 Å². The van der Waals surface area contributed by atoms with Crippen molar-refractivity contribution in [2.45, 2.75) is 31.7 Å². The standard InChI is InChI=1S/C28H24N2O5S2/c1-6-11-34-27(33)25-16(4)29-28(37-25)30-22(17-7-9-18(36-5)10-8-17)21-23(31)19-12-14(2)15(3)13-20(19)35-24(21)26(30)32/h6-10,12-13,22H,1,11H2,2-5H3. The molecule has 5 rings (SSSR count). The molecule has 0 N–H and O–H groups in total. The summed E-state index contributed by atoms with van der Waals surface area (Å²) in [5.74, 6) is -1.04. The van der Waals surface area contributed by atoms with Crippen LogP contribution in [0.1, 0.15) is 54.2 Å². The zero-order chi connectivity index (χ0) is 26.4. The van der Waals surface area contributed by atoms with Gasteiger partial charge in [0.25, 0.3) is 5.91 Å². The molecule has 0 radical (unpaired) electrons. The van der Waals surface area contributed by atoms with Gasteiger partial charge in [-0.25, -0.2) is 9.78 Å². The van der Waals surface area contributed by atoms with E-state index in [2.05, 4.69) is 11.6 Å². The molecule has 7 nitrogen and oxygen atoms in total. The number of aryl methyl sites for hydroxylation is 3. The SMILES string of the molecule is C=CCOC(=O)c1sc(N2C(=O)c3oc4cc(C)c(C)cc4c(=O)c3C2c2ccc(SC)cc2)nc1C. The molecular formula is C28H24N2O5S2. The van der Waals surface area contributed by atoms with Gasteiger partial charge >= 0.3 is 5.97 Å². The van der Waals surface area contributed by atoms with E-state index in [0.29, 0.717) is 16.7 Å². The molecule has 1 aliphatic heterocycles. The topological polar surface area (TPSA) is 89.7 Å². The summed E-state index contributed by atoms with van der Waals surface area (Å²) in [7, 11) is 0. The van der Waals surface area contributed by atoms with Crippen LogP contribution in [0.4, 0.5) is 5.13 Å². The van der Waals surface area contributed by atoms with Crippen LogP contribution in [-0.4, -0.2) is 29.7 Å². The fourth-order valence-electron chi connectivity index (χ4n) is 4.40. The molecule has 1 atom stereocenters. The van der Waals surface area contributed by atoms with Crippen molar-refractivity contribution in [1.29, 1.82) is 0 Å². The minimum absolute atomic E-state index is 0.0108. The second kappa shape index (κ2) is 9.64. The van der Waals surface area contributed by atoms with E-state index in [4.69, 9.17) is 9.15 Å². The van der Waals surface area contributed by atoms with Crippen LogP contribution in [-0.2, 0) is 4.74 Å². The molecule has 1 amide bonds. The molecule has 37 heavy (non-hydrogen) atoms. The third-order valence-corrected chi connectivity index (χ3v) is 8.31. The van der Waals surface area contributed by atoms with Crippen molar-refractivity contribution in [2.24, 2.45) is 0 Å². The second-order valence-corrected chi connectivity index (χ2v) is 10.6. The Hall–Kier alpha value is -3.69. The molecule has 4 aromatic rings. The van der Waals surface area contributed by atoms with Gasteiger partial charge in [-0.15, -0.1) is 11.8 Å². The number of thioether (sulfide) groups is 1. The molecule has 3 heterocycles. The lowest BCUT2D eigenvalue weighted by molar-refractivity contribution is 0.0554. The van der Waals surface area contributed by atoms with Gasteiger partial charge in [0, 0.05) is 4.90 Å². The van der Waals surface area contributed by atoms with Crippen LogP contribution in [0, 0.1) is 20.8 Å². The van der Waals surface area contributed by atoms with Crippen molar-refractivity contribution in [3.05, 3.63) is 97.9 Å². The van der Waals surface area contributed by atoms with Crippen LogP contribution in [0.2, 0.25) is 0 Å². The highest BCUT2D eigenvalue weighted by Crippen LogP contribution is 2.43. The lowest BCUT2D eigenvalue weighted by Crippen LogP contribution is -2.29. The number of hydrogen-bond donors (Lipinski definition) is 0. The van der Waals surface area contributed by atoms with Crippen molar-refractivity contribution in [1.82, 2.24) is 4.98 Å². The van der Waals surface area contributed by atoms with Crippen LogP contribution >= 0.6 is 23.1 Å². The average molecular weight is 533 g/mol. The minimum Gasteiger partial charge on any atom is -0.457 e. The molecule has 188 valence electrons. The Morgan fingerprint density at radius 1 is 1.19 bits per heavy atom. The predicted molar refractivity (Wildman–Crippen MR) is 146 cm³/mol.